The maximum atomic E-state index is 10.7. The lowest BCUT2D eigenvalue weighted by molar-refractivity contribution is -0.137. The second-order valence-corrected chi connectivity index (χ2v) is 4.56. The maximum absolute atomic E-state index is 10.7. The van der Waals surface area contributed by atoms with Crippen LogP contribution in [0.25, 0.3) is 0 Å². The third-order valence-electron chi connectivity index (χ3n) is 2.91. The van der Waals surface area contributed by atoms with Crippen molar-refractivity contribution in [2.24, 2.45) is 0 Å². The average molecular weight is 252 g/mol. The molecule has 0 aromatic rings. The highest BCUT2D eigenvalue weighted by atomic mass is 16.5. The van der Waals surface area contributed by atoms with Crippen molar-refractivity contribution in [3.8, 4) is 0 Å². The summed E-state index contributed by atoms with van der Waals surface area (Å²) in [5, 5.41) is 0. The average Bonchev–Trinajstić information content (AvgIpc) is 2.39. The molecule has 0 aromatic carbocycles. The van der Waals surface area contributed by atoms with Crippen LogP contribution in [0.5, 0.6) is 0 Å². The van der Waals surface area contributed by atoms with Gasteiger partial charge in [0.2, 0.25) is 0 Å². The summed E-state index contributed by atoms with van der Waals surface area (Å²) >= 11 is 0. The van der Waals surface area contributed by atoms with E-state index < -0.39 is 0 Å². The van der Waals surface area contributed by atoms with E-state index in [9.17, 15) is 4.79 Å². The lowest BCUT2D eigenvalue weighted by Gasteiger charge is -2.02. The summed E-state index contributed by atoms with van der Waals surface area (Å²) in [6.45, 7) is 5.97. The Bertz CT molecular complexity index is 231. The highest BCUT2D eigenvalue weighted by molar-refractivity contribution is 5.81. The Kier molecular flexibility index (Phi) is 13.2. The molecule has 0 atom stereocenters. The zero-order valence-corrected chi connectivity index (χ0v) is 11.8. The molecule has 0 radical (unpaired) electrons. The zero-order chi connectivity index (χ0) is 13.5. The minimum absolute atomic E-state index is 0.309. The number of rotatable bonds is 12. The molecule has 0 fully saturated rings. The largest absolute Gasteiger partial charge is 0.463 e. The van der Waals surface area contributed by atoms with Crippen molar-refractivity contribution in [1.82, 2.24) is 0 Å². The molecule has 2 heteroatoms. The molecule has 0 spiro atoms. The van der Waals surface area contributed by atoms with E-state index in [1.165, 1.54) is 51.0 Å². The molecule has 18 heavy (non-hydrogen) atoms. The van der Waals surface area contributed by atoms with Crippen molar-refractivity contribution in [3.05, 3.63) is 24.8 Å². The van der Waals surface area contributed by atoms with Gasteiger partial charge in [-0.3, -0.25) is 0 Å². The van der Waals surface area contributed by atoms with Gasteiger partial charge in [0.1, 0.15) is 0 Å². The first kappa shape index (κ1) is 16.9. The van der Waals surface area contributed by atoms with E-state index in [2.05, 4.69) is 25.7 Å². The molecule has 0 aromatic heterocycles. The van der Waals surface area contributed by atoms with Crippen molar-refractivity contribution in [1.29, 1.82) is 0 Å². The number of unbranched alkanes of at least 4 members (excludes halogenated alkanes) is 8. The third kappa shape index (κ3) is 13.0. The minimum Gasteiger partial charge on any atom is -0.463 e. The first-order valence-corrected chi connectivity index (χ1v) is 7.21. The van der Waals surface area contributed by atoms with Crippen molar-refractivity contribution >= 4 is 5.97 Å². The standard InChI is InChI=1S/C16H28O2/c1-3-5-6-7-8-9-10-11-12-13-14-15-18-16(17)4-2/h3-5H,2,6-15H2,1H3/b5-3+. The number of carbonyl (C=O) groups excluding carboxylic acids is 1. The van der Waals surface area contributed by atoms with Crippen LogP contribution in [-0.2, 0) is 9.53 Å². The van der Waals surface area contributed by atoms with E-state index in [1.54, 1.807) is 0 Å². The van der Waals surface area contributed by atoms with Gasteiger partial charge in [0, 0.05) is 6.08 Å². The van der Waals surface area contributed by atoms with Crippen LogP contribution < -0.4 is 0 Å². The van der Waals surface area contributed by atoms with Crippen molar-refractivity contribution in [3.63, 3.8) is 0 Å². The molecule has 0 saturated carbocycles. The van der Waals surface area contributed by atoms with Crippen LogP contribution >= 0.6 is 0 Å². The SMILES string of the molecule is C=CC(=O)OCCCCCCCCCC/C=C/C. The number of esters is 1. The molecule has 0 bridgehead atoms. The van der Waals surface area contributed by atoms with E-state index >= 15 is 0 Å². The first-order chi connectivity index (χ1) is 8.81. The molecule has 0 amide bonds. The Balaban J connectivity index is 3.03. The Morgan fingerprint density at radius 1 is 1.00 bits per heavy atom. The first-order valence-electron chi connectivity index (χ1n) is 7.21. The van der Waals surface area contributed by atoms with Crippen LogP contribution in [0.2, 0.25) is 0 Å². The van der Waals surface area contributed by atoms with Crippen LogP contribution in [0.15, 0.2) is 24.8 Å². The molecule has 0 rings (SSSR count). The van der Waals surface area contributed by atoms with Gasteiger partial charge in [-0.15, -0.1) is 0 Å². The Morgan fingerprint density at radius 2 is 1.56 bits per heavy atom. The number of hydrogen-bond donors (Lipinski definition) is 0. The van der Waals surface area contributed by atoms with E-state index in [4.69, 9.17) is 4.74 Å². The number of allylic oxidation sites excluding steroid dienone is 2. The van der Waals surface area contributed by atoms with Gasteiger partial charge < -0.3 is 4.74 Å². The zero-order valence-electron chi connectivity index (χ0n) is 11.8. The van der Waals surface area contributed by atoms with Gasteiger partial charge in [0.05, 0.1) is 6.61 Å². The predicted octanol–water partition coefficient (Wildman–Crippen LogP) is 4.80. The lowest BCUT2D eigenvalue weighted by atomic mass is 10.1. The predicted molar refractivity (Wildman–Crippen MR) is 77.5 cm³/mol. The lowest BCUT2D eigenvalue weighted by Crippen LogP contribution is -2.01. The fraction of sp³-hybridized carbons (Fsp3) is 0.688. The van der Waals surface area contributed by atoms with E-state index in [0.29, 0.717) is 6.61 Å². The van der Waals surface area contributed by atoms with Crippen LogP contribution in [0.3, 0.4) is 0 Å². The minimum atomic E-state index is -0.309. The highest BCUT2D eigenvalue weighted by Gasteiger charge is 1.95. The monoisotopic (exact) mass is 252 g/mol. The van der Waals surface area contributed by atoms with Gasteiger partial charge in [0.25, 0.3) is 0 Å². The quantitative estimate of drug-likeness (QED) is 0.216. The van der Waals surface area contributed by atoms with Crippen molar-refractivity contribution < 1.29 is 9.53 Å². The van der Waals surface area contributed by atoms with Gasteiger partial charge in [-0.2, -0.15) is 0 Å². The Hall–Kier alpha value is -1.05. The molecular weight excluding hydrogens is 224 g/mol. The van der Waals surface area contributed by atoms with Crippen LogP contribution in [0.4, 0.5) is 0 Å². The van der Waals surface area contributed by atoms with Crippen LogP contribution in [0, 0.1) is 0 Å². The summed E-state index contributed by atoms with van der Waals surface area (Å²) in [5.41, 5.74) is 0. The summed E-state index contributed by atoms with van der Waals surface area (Å²) in [4.78, 5) is 10.7. The molecular formula is C16H28O2. The molecule has 0 heterocycles. The topological polar surface area (TPSA) is 26.3 Å². The summed E-state index contributed by atoms with van der Waals surface area (Å²) in [7, 11) is 0. The fourth-order valence-corrected chi connectivity index (χ4v) is 1.82. The molecule has 0 aliphatic rings. The van der Waals surface area contributed by atoms with Gasteiger partial charge in [-0.25, -0.2) is 4.79 Å². The summed E-state index contributed by atoms with van der Waals surface area (Å²) in [6.07, 6.45) is 16.8. The highest BCUT2D eigenvalue weighted by Crippen LogP contribution is 2.10. The smallest absolute Gasteiger partial charge is 0.330 e. The normalized spacial score (nSPS) is 10.7. The third-order valence-corrected chi connectivity index (χ3v) is 2.91. The van der Waals surface area contributed by atoms with Crippen molar-refractivity contribution in [2.75, 3.05) is 6.61 Å². The number of carbonyl (C=O) groups is 1. The number of hydrogen-bond acceptors (Lipinski definition) is 2. The Morgan fingerprint density at radius 3 is 2.11 bits per heavy atom. The molecule has 104 valence electrons. The molecule has 0 unspecified atom stereocenters. The Labute approximate surface area is 112 Å². The van der Waals surface area contributed by atoms with Gasteiger partial charge >= 0.3 is 5.97 Å². The summed E-state index contributed by atoms with van der Waals surface area (Å²) in [6, 6.07) is 0. The molecule has 0 aliphatic heterocycles. The van der Waals surface area contributed by atoms with Crippen LogP contribution in [0.1, 0.15) is 64.7 Å². The number of ether oxygens (including phenoxy) is 1. The molecule has 0 N–H and O–H groups in total. The van der Waals surface area contributed by atoms with E-state index in [-0.39, 0.29) is 5.97 Å². The summed E-state index contributed by atoms with van der Waals surface area (Å²) < 4.78 is 4.91. The molecule has 0 aliphatic carbocycles. The van der Waals surface area contributed by atoms with Gasteiger partial charge in [-0.1, -0.05) is 57.3 Å². The van der Waals surface area contributed by atoms with E-state index in [0.717, 1.165) is 12.8 Å². The van der Waals surface area contributed by atoms with Gasteiger partial charge in [-0.05, 0) is 26.2 Å². The second-order valence-electron chi connectivity index (χ2n) is 4.56. The van der Waals surface area contributed by atoms with Gasteiger partial charge in [0.15, 0.2) is 0 Å². The van der Waals surface area contributed by atoms with E-state index in [1.807, 2.05) is 0 Å². The molecule has 2 nitrogen and oxygen atoms in total. The second kappa shape index (κ2) is 14.0. The summed E-state index contributed by atoms with van der Waals surface area (Å²) in [5.74, 6) is -0.309. The molecule has 0 saturated heterocycles. The maximum Gasteiger partial charge on any atom is 0.330 e. The fourth-order valence-electron chi connectivity index (χ4n) is 1.82. The van der Waals surface area contributed by atoms with Crippen molar-refractivity contribution in [2.45, 2.75) is 64.7 Å². The van der Waals surface area contributed by atoms with Crippen LogP contribution in [-0.4, -0.2) is 12.6 Å².